The number of nitrogens with one attached hydrogen (secondary N) is 2. The van der Waals surface area contributed by atoms with Gasteiger partial charge in [0.15, 0.2) is 11.5 Å². The van der Waals surface area contributed by atoms with Crippen molar-refractivity contribution in [1.82, 2.24) is 9.44 Å². The number of unbranched alkanes of at least 4 members (excludes halogenated alkanes) is 1. The normalized spacial score (nSPS) is 12.7. The Morgan fingerprint density at radius 2 is 1.47 bits per heavy atom. The Kier molecular flexibility index (Phi) is 9.86. The Morgan fingerprint density at radius 1 is 0.853 bits per heavy atom. The number of sulfonamides is 2. The summed E-state index contributed by atoms with van der Waals surface area (Å²) in [5.74, 6) is -0.0304. The van der Waals surface area contributed by atoms with Crippen LogP contribution >= 0.6 is 0 Å². The highest BCUT2D eigenvalue weighted by Crippen LogP contribution is 2.29. The molecule has 0 bridgehead atoms. The van der Waals surface area contributed by atoms with Crippen LogP contribution in [0.25, 0.3) is 0 Å². The van der Waals surface area contributed by atoms with Crippen LogP contribution in [-0.4, -0.2) is 56.7 Å². The Labute approximate surface area is 200 Å². The van der Waals surface area contributed by atoms with E-state index >= 15 is 0 Å². The lowest BCUT2D eigenvalue weighted by Gasteiger charge is -2.17. The van der Waals surface area contributed by atoms with E-state index in [-0.39, 0.29) is 28.5 Å². The molecule has 1 unspecified atom stereocenters. The lowest BCUT2D eigenvalue weighted by atomic mass is 10.1. The second kappa shape index (κ2) is 12.2. The monoisotopic (exact) mass is 514 g/mol. The standard InChI is InChI=1S/C22H30N2O8S2/c1-16-8-10-17(11-9-16)34(28,29)24-19(22(25)32-4)7-5-6-14-23-33(26,27)18-12-13-20(30-2)21(15-18)31-3/h8-13,15,19,23-24H,5-7,14H2,1-4H3. The van der Waals surface area contributed by atoms with E-state index in [1.807, 2.05) is 6.92 Å². The average molecular weight is 515 g/mol. The van der Waals surface area contributed by atoms with Gasteiger partial charge < -0.3 is 14.2 Å². The van der Waals surface area contributed by atoms with Crippen molar-refractivity contribution in [3.8, 4) is 11.5 Å². The molecule has 0 aromatic heterocycles. The van der Waals surface area contributed by atoms with Gasteiger partial charge in [0.2, 0.25) is 20.0 Å². The van der Waals surface area contributed by atoms with Gasteiger partial charge in [-0.15, -0.1) is 0 Å². The van der Waals surface area contributed by atoms with Crippen molar-refractivity contribution in [1.29, 1.82) is 0 Å². The SMILES string of the molecule is COC(=O)C(CCCCNS(=O)(=O)c1ccc(OC)c(OC)c1)NS(=O)(=O)c1ccc(C)cc1. The predicted molar refractivity (Wildman–Crippen MR) is 126 cm³/mol. The Bertz CT molecular complexity index is 1180. The first-order chi connectivity index (χ1) is 16.0. The lowest BCUT2D eigenvalue weighted by Crippen LogP contribution is -2.41. The molecule has 0 amide bonds. The van der Waals surface area contributed by atoms with E-state index in [0.29, 0.717) is 18.6 Å². The molecule has 10 nitrogen and oxygen atoms in total. The number of ether oxygens (including phenoxy) is 3. The summed E-state index contributed by atoms with van der Waals surface area (Å²) < 4.78 is 70.2. The molecular formula is C22H30N2O8S2. The number of rotatable bonds is 13. The molecule has 2 aromatic rings. The first-order valence-electron chi connectivity index (χ1n) is 10.4. The summed E-state index contributed by atoms with van der Waals surface area (Å²) in [6.07, 6.45) is 0.868. The van der Waals surface area contributed by atoms with Crippen LogP contribution < -0.4 is 18.9 Å². The maximum atomic E-state index is 12.6. The molecule has 12 heteroatoms. The number of hydrogen-bond donors (Lipinski definition) is 2. The van der Waals surface area contributed by atoms with E-state index < -0.39 is 32.1 Å². The highest BCUT2D eigenvalue weighted by atomic mass is 32.2. The second-order valence-corrected chi connectivity index (χ2v) is 10.9. The third-order valence-electron chi connectivity index (χ3n) is 4.99. The van der Waals surface area contributed by atoms with Gasteiger partial charge >= 0.3 is 5.97 Å². The van der Waals surface area contributed by atoms with Gasteiger partial charge in [-0.25, -0.2) is 21.6 Å². The van der Waals surface area contributed by atoms with Gasteiger partial charge in [0.1, 0.15) is 6.04 Å². The summed E-state index contributed by atoms with van der Waals surface area (Å²) in [7, 11) is -3.69. The van der Waals surface area contributed by atoms with Crippen LogP contribution in [0, 0.1) is 6.92 Å². The van der Waals surface area contributed by atoms with Gasteiger partial charge in [0, 0.05) is 12.6 Å². The third kappa shape index (κ3) is 7.42. The van der Waals surface area contributed by atoms with Gasteiger partial charge in [0.05, 0.1) is 31.1 Å². The molecule has 0 spiro atoms. The molecule has 2 rings (SSSR count). The van der Waals surface area contributed by atoms with Crippen LogP contribution in [-0.2, 0) is 29.6 Å². The van der Waals surface area contributed by atoms with Crippen molar-refractivity contribution in [3.63, 3.8) is 0 Å². The molecule has 0 aliphatic rings. The summed E-state index contributed by atoms with van der Waals surface area (Å²) in [5.41, 5.74) is 0.902. The van der Waals surface area contributed by atoms with E-state index in [2.05, 4.69) is 9.44 Å². The van der Waals surface area contributed by atoms with Crippen LogP contribution in [0.2, 0.25) is 0 Å². The van der Waals surface area contributed by atoms with Crippen molar-refractivity contribution in [2.45, 2.75) is 42.0 Å². The molecule has 188 valence electrons. The van der Waals surface area contributed by atoms with Crippen LogP contribution in [0.4, 0.5) is 0 Å². The van der Waals surface area contributed by atoms with Crippen LogP contribution in [0.15, 0.2) is 52.3 Å². The first kappa shape index (κ1) is 27.6. The molecule has 1 atom stereocenters. The van der Waals surface area contributed by atoms with E-state index in [1.54, 1.807) is 12.1 Å². The average Bonchev–Trinajstić information content (AvgIpc) is 2.82. The smallest absolute Gasteiger partial charge is 0.323 e. The molecule has 34 heavy (non-hydrogen) atoms. The molecular weight excluding hydrogens is 484 g/mol. The Hall–Kier alpha value is -2.67. The molecule has 2 aromatic carbocycles. The minimum Gasteiger partial charge on any atom is -0.493 e. The molecule has 0 radical (unpaired) electrons. The molecule has 0 heterocycles. The summed E-state index contributed by atoms with van der Waals surface area (Å²) in [5, 5.41) is 0. The first-order valence-corrected chi connectivity index (χ1v) is 13.4. The van der Waals surface area contributed by atoms with Gasteiger partial charge in [0.25, 0.3) is 0 Å². The lowest BCUT2D eigenvalue weighted by molar-refractivity contribution is -0.142. The zero-order valence-electron chi connectivity index (χ0n) is 19.5. The predicted octanol–water partition coefficient (Wildman–Crippen LogP) is 1.98. The van der Waals surface area contributed by atoms with E-state index in [4.69, 9.17) is 14.2 Å². The van der Waals surface area contributed by atoms with E-state index in [0.717, 1.165) is 5.56 Å². The van der Waals surface area contributed by atoms with Crippen molar-refractivity contribution >= 4 is 26.0 Å². The summed E-state index contributed by atoms with van der Waals surface area (Å²) >= 11 is 0. The van der Waals surface area contributed by atoms with Crippen molar-refractivity contribution in [3.05, 3.63) is 48.0 Å². The highest BCUT2D eigenvalue weighted by molar-refractivity contribution is 7.89. The van der Waals surface area contributed by atoms with Gasteiger partial charge in [-0.05, 0) is 50.5 Å². The molecule has 0 fully saturated rings. The summed E-state index contributed by atoms with van der Waals surface area (Å²) in [6.45, 7) is 1.93. The second-order valence-electron chi connectivity index (χ2n) is 7.42. The Morgan fingerprint density at radius 3 is 2.06 bits per heavy atom. The largest absolute Gasteiger partial charge is 0.493 e. The summed E-state index contributed by atoms with van der Waals surface area (Å²) in [6, 6.07) is 9.38. The van der Waals surface area contributed by atoms with Crippen molar-refractivity contribution in [2.24, 2.45) is 0 Å². The van der Waals surface area contributed by atoms with Gasteiger partial charge in [-0.2, -0.15) is 4.72 Å². The minimum absolute atomic E-state index is 0.0171. The fraction of sp³-hybridized carbons (Fsp3) is 0.409. The van der Waals surface area contributed by atoms with Crippen LogP contribution in [0.3, 0.4) is 0 Å². The number of aryl methyl sites for hydroxylation is 1. The number of methoxy groups -OCH3 is 3. The highest BCUT2D eigenvalue weighted by Gasteiger charge is 2.26. The minimum atomic E-state index is -3.93. The third-order valence-corrected chi connectivity index (χ3v) is 7.94. The maximum absolute atomic E-state index is 12.6. The number of benzene rings is 2. The topological polar surface area (TPSA) is 137 Å². The van der Waals surface area contributed by atoms with E-state index in [9.17, 15) is 21.6 Å². The fourth-order valence-corrected chi connectivity index (χ4v) is 5.40. The Balaban J connectivity index is 1.95. The molecule has 0 saturated heterocycles. The van der Waals surface area contributed by atoms with Gasteiger partial charge in [-0.1, -0.05) is 17.7 Å². The maximum Gasteiger partial charge on any atom is 0.323 e. The molecule has 0 aliphatic carbocycles. The number of carbonyl (C=O) groups is 1. The zero-order valence-corrected chi connectivity index (χ0v) is 21.2. The zero-order chi connectivity index (χ0) is 25.4. The fourth-order valence-electron chi connectivity index (χ4n) is 3.09. The van der Waals surface area contributed by atoms with Gasteiger partial charge in [-0.3, -0.25) is 4.79 Å². The molecule has 2 N–H and O–H groups in total. The van der Waals surface area contributed by atoms with E-state index in [1.165, 1.54) is 51.7 Å². The number of esters is 1. The molecule has 0 saturated carbocycles. The van der Waals surface area contributed by atoms with Crippen molar-refractivity contribution in [2.75, 3.05) is 27.9 Å². The van der Waals surface area contributed by atoms with Crippen LogP contribution in [0.5, 0.6) is 11.5 Å². The van der Waals surface area contributed by atoms with Crippen LogP contribution in [0.1, 0.15) is 24.8 Å². The van der Waals surface area contributed by atoms with Crippen molar-refractivity contribution < 1.29 is 35.8 Å². The molecule has 0 aliphatic heterocycles. The number of hydrogen-bond acceptors (Lipinski definition) is 8. The quantitative estimate of drug-likeness (QED) is 0.306. The number of carbonyl (C=O) groups excluding carboxylic acids is 1. The summed E-state index contributed by atoms with van der Waals surface area (Å²) in [4.78, 5) is 12.2.